The Morgan fingerprint density at radius 2 is 1.96 bits per heavy atom. The van der Waals surface area contributed by atoms with Crippen LogP contribution >= 0.6 is 0 Å². The number of aryl methyl sites for hydroxylation is 1. The fourth-order valence-electron chi connectivity index (χ4n) is 2.05. The lowest BCUT2D eigenvalue weighted by Crippen LogP contribution is -2.30. The van der Waals surface area contributed by atoms with Crippen LogP contribution < -0.4 is 16.0 Å². The minimum absolute atomic E-state index is 0.245. The predicted octanol–water partition coefficient (Wildman–Crippen LogP) is 2.93. The number of pyridine rings is 1. The van der Waals surface area contributed by atoms with Gasteiger partial charge in [-0.25, -0.2) is 9.78 Å². The van der Waals surface area contributed by atoms with E-state index in [2.05, 4.69) is 20.9 Å². The Bertz CT molecular complexity index is 724. The van der Waals surface area contributed by atoms with E-state index in [0.717, 1.165) is 18.4 Å². The molecule has 2 aromatic rings. The van der Waals surface area contributed by atoms with Crippen LogP contribution in [-0.2, 0) is 0 Å². The first kappa shape index (κ1) is 15.0. The van der Waals surface area contributed by atoms with E-state index in [1.165, 1.54) is 0 Å². The molecule has 0 spiro atoms. The zero-order chi connectivity index (χ0) is 16.2. The second-order valence-corrected chi connectivity index (χ2v) is 5.63. The average molecular weight is 310 g/mol. The summed E-state index contributed by atoms with van der Waals surface area (Å²) in [6.07, 6.45) is 3.74. The van der Waals surface area contributed by atoms with Crippen molar-refractivity contribution in [3.8, 4) is 0 Å². The summed E-state index contributed by atoms with van der Waals surface area (Å²) < 4.78 is 0. The van der Waals surface area contributed by atoms with Crippen molar-refractivity contribution < 1.29 is 9.59 Å². The Morgan fingerprint density at radius 3 is 2.65 bits per heavy atom. The van der Waals surface area contributed by atoms with Crippen LogP contribution in [0.15, 0.2) is 42.6 Å². The molecule has 1 heterocycles. The van der Waals surface area contributed by atoms with Crippen molar-refractivity contribution in [2.75, 3.05) is 10.6 Å². The van der Waals surface area contributed by atoms with Crippen molar-refractivity contribution in [1.29, 1.82) is 0 Å². The van der Waals surface area contributed by atoms with Gasteiger partial charge in [-0.15, -0.1) is 0 Å². The lowest BCUT2D eigenvalue weighted by Gasteiger charge is -2.09. The monoisotopic (exact) mass is 310 g/mol. The van der Waals surface area contributed by atoms with Gasteiger partial charge in [0.05, 0.1) is 0 Å². The summed E-state index contributed by atoms with van der Waals surface area (Å²) in [7, 11) is 0. The van der Waals surface area contributed by atoms with Crippen LogP contribution in [-0.4, -0.2) is 23.0 Å². The number of amides is 3. The first-order chi connectivity index (χ1) is 11.1. The van der Waals surface area contributed by atoms with E-state index < -0.39 is 0 Å². The van der Waals surface area contributed by atoms with Gasteiger partial charge in [-0.3, -0.25) is 4.79 Å². The Labute approximate surface area is 134 Å². The van der Waals surface area contributed by atoms with E-state index in [1.54, 1.807) is 36.5 Å². The second kappa shape index (κ2) is 6.48. The van der Waals surface area contributed by atoms with Crippen molar-refractivity contribution in [3.63, 3.8) is 0 Å². The maximum absolute atomic E-state index is 12.2. The van der Waals surface area contributed by atoms with Crippen LogP contribution in [0.4, 0.5) is 16.3 Å². The smallest absolute Gasteiger partial charge is 0.319 e. The van der Waals surface area contributed by atoms with Gasteiger partial charge < -0.3 is 16.0 Å². The Hall–Kier alpha value is -2.89. The molecule has 1 aliphatic rings. The zero-order valence-electron chi connectivity index (χ0n) is 12.8. The molecule has 6 nitrogen and oxygen atoms in total. The molecule has 3 rings (SSSR count). The predicted molar refractivity (Wildman–Crippen MR) is 88.5 cm³/mol. The van der Waals surface area contributed by atoms with E-state index >= 15 is 0 Å². The quantitative estimate of drug-likeness (QED) is 0.812. The SMILES string of the molecule is Cc1ccc(NC(=O)c2cccc(NC(=O)NC3CC3)c2)nc1. The molecule has 0 radical (unpaired) electrons. The Kier molecular flexibility index (Phi) is 4.23. The van der Waals surface area contributed by atoms with Gasteiger partial charge >= 0.3 is 6.03 Å². The fourth-order valence-corrected chi connectivity index (χ4v) is 2.05. The molecule has 0 saturated heterocycles. The number of carbonyl (C=O) groups excluding carboxylic acids is 2. The van der Waals surface area contributed by atoms with Gasteiger partial charge in [-0.2, -0.15) is 0 Å². The van der Waals surface area contributed by atoms with Crippen LogP contribution in [0.5, 0.6) is 0 Å². The molecule has 0 bridgehead atoms. The van der Waals surface area contributed by atoms with E-state index in [9.17, 15) is 9.59 Å². The highest BCUT2D eigenvalue weighted by atomic mass is 16.2. The summed E-state index contributed by atoms with van der Waals surface area (Å²) in [6.45, 7) is 1.93. The van der Waals surface area contributed by atoms with E-state index in [0.29, 0.717) is 17.1 Å². The first-order valence-electron chi connectivity index (χ1n) is 7.52. The molecule has 1 aromatic carbocycles. The van der Waals surface area contributed by atoms with Crippen molar-refractivity contribution in [2.24, 2.45) is 0 Å². The lowest BCUT2D eigenvalue weighted by atomic mass is 10.2. The van der Waals surface area contributed by atoms with E-state index in [4.69, 9.17) is 0 Å². The summed E-state index contributed by atoms with van der Waals surface area (Å²) in [5.74, 6) is 0.220. The number of carbonyl (C=O) groups is 2. The standard InChI is InChI=1S/C17H18N4O2/c1-11-5-8-15(18-10-11)21-16(22)12-3-2-4-14(9-12)20-17(23)19-13-6-7-13/h2-5,8-10,13H,6-7H2,1H3,(H,18,21,22)(H2,19,20,23). The summed E-state index contributed by atoms with van der Waals surface area (Å²) in [4.78, 5) is 28.1. The molecule has 6 heteroatoms. The molecule has 23 heavy (non-hydrogen) atoms. The second-order valence-electron chi connectivity index (χ2n) is 5.63. The van der Waals surface area contributed by atoms with E-state index in [-0.39, 0.29) is 18.0 Å². The van der Waals surface area contributed by atoms with Crippen molar-refractivity contribution >= 4 is 23.4 Å². The summed E-state index contributed by atoms with van der Waals surface area (Å²) in [5, 5.41) is 8.30. The van der Waals surface area contributed by atoms with Crippen molar-refractivity contribution in [3.05, 3.63) is 53.7 Å². The third-order valence-electron chi connectivity index (χ3n) is 3.45. The topological polar surface area (TPSA) is 83.1 Å². The van der Waals surface area contributed by atoms with Gasteiger partial charge in [-0.1, -0.05) is 12.1 Å². The molecule has 3 N–H and O–H groups in total. The summed E-state index contributed by atoms with van der Waals surface area (Å²) >= 11 is 0. The fraction of sp³-hybridized carbons (Fsp3) is 0.235. The van der Waals surface area contributed by atoms with Gasteiger partial charge in [0.25, 0.3) is 5.91 Å². The normalized spacial score (nSPS) is 13.3. The van der Waals surface area contributed by atoms with Gasteiger partial charge in [0, 0.05) is 23.5 Å². The van der Waals surface area contributed by atoms with Crippen LogP contribution in [0, 0.1) is 6.92 Å². The molecular weight excluding hydrogens is 292 g/mol. The number of nitrogens with one attached hydrogen (secondary N) is 3. The first-order valence-corrected chi connectivity index (χ1v) is 7.52. The van der Waals surface area contributed by atoms with Crippen molar-refractivity contribution in [1.82, 2.24) is 10.3 Å². The maximum atomic E-state index is 12.2. The van der Waals surface area contributed by atoms with Gasteiger partial charge in [0.1, 0.15) is 5.82 Å². The van der Waals surface area contributed by atoms with E-state index in [1.807, 2.05) is 13.0 Å². The van der Waals surface area contributed by atoms with Crippen LogP contribution in [0.1, 0.15) is 28.8 Å². The molecule has 118 valence electrons. The zero-order valence-corrected chi connectivity index (χ0v) is 12.8. The molecule has 3 amide bonds. The molecule has 1 aliphatic carbocycles. The van der Waals surface area contributed by atoms with Gasteiger partial charge in [0.2, 0.25) is 0 Å². The number of urea groups is 1. The van der Waals surface area contributed by atoms with Crippen LogP contribution in [0.3, 0.4) is 0 Å². The highest BCUT2D eigenvalue weighted by Gasteiger charge is 2.23. The van der Waals surface area contributed by atoms with Crippen LogP contribution in [0.25, 0.3) is 0 Å². The number of benzene rings is 1. The maximum Gasteiger partial charge on any atom is 0.319 e. The Balaban J connectivity index is 1.64. The van der Waals surface area contributed by atoms with Gasteiger partial charge in [-0.05, 0) is 49.6 Å². The number of rotatable bonds is 4. The number of nitrogens with zero attached hydrogens (tertiary/aromatic N) is 1. The molecule has 0 unspecified atom stereocenters. The number of hydrogen-bond donors (Lipinski definition) is 3. The molecule has 0 atom stereocenters. The molecule has 1 aromatic heterocycles. The minimum atomic E-state index is -0.271. The highest BCUT2D eigenvalue weighted by Crippen LogP contribution is 2.19. The van der Waals surface area contributed by atoms with Crippen molar-refractivity contribution in [2.45, 2.75) is 25.8 Å². The number of aromatic nitrogens is 1. The Morgan fingerprint density at radius 1 is 1.13 bits per heavy atom. The third kappa shape index (κ3) is 4.29. The summed E-state index contributed by atoms with van der Waals surface area (Å²) in [5.41, 5.74) is 2.06. The minimum Gasteiger partial charge on any atom is -0.335 e. The lowest BCUT2D eigenvalue weighted by molar-refractivity contribution is 0.102. The molecule has 1 fully saturated rings. The largest absolute Gasteiger partial charge is 0.335 e. The number of hydrogen-bond acceptors (Lipinski definition) is 3. The molecule has 1 saturated carbocycles. The third-order valence-corrected chi connectivity index (χ3v) is 3.45. The summed E-state index contributed by atoms with van der Waals surface area (Å²) in [6, 6.07) is 10.5. The highest BCUT2D eigenvalue weighted by molar-refractivity contribution is 6.04. The molecular formula is C17H18N4O2. The molecule has 0 aliphatic heterocycles. The van der Waals surface area contributed by atoms with Crippen LogP contribution in [0.2, 0.25) is 0 Å². The average Bonchev–Trinajstić information content (AvgIpc) is 3.33. The van der Waals surface area contributed by atoms with Gasteiger partial charge in [0.15, 0.2) is 0 Å². The number of anilines is 2.